The Morgan fingerprint density at radius 3 is 2.22 bits per heavy atom. The van der Waals surface area contributed by atoms with Crippen molar-refractivity contribution in [1.82, 2.24) is 0 Å². The first-order valence-corrected chi connectivity index (χ1v) is 3.69. The maximum atomic E-state index is 10.2. The molecule has 0 saturated heterocycles. The molecular formula is C5H8O3S. The second-order valence-corrected chi connectivity index (χ2v) is 3.08. The SMILES string of the molecule is C=C/C=C(\C)S(=O)(=O)O. The Bertz CT molecular complexity index is 223. The summed E-state index contributed by atoms with van der Waals surface area (Å²) in [5, 5.41) is 0. The van der Waals surface area contributed by atoms with E-state index in [0.29, 0.717) is 0 Å². The summed E-state index contributed by atoms with van der Waals surface area (Å²) in [6.45, 7) is 4.55. The highest BCUT2D eigenvalue weighted by Gasteiger charge is 2.04. The van der Waals surface area contributed by atoms with Gasteiger partial charge in [0.2, 0.25) is 0 Å². The van der Waals surface area contributed by atoms with Crippen molar-refractivity contribution in [2.75, 3.05) is 0 Å². The van der Waals surface area contributed by atoms with Crippen LogP contribution in [0.25, 0.3) is 0 Å². The summed E-state index contributed by atoms with van der Waals surface area (Å²) in [5.41, 5.74) is 0. The molecule has 52 valence electrons. The first-order valence-electron chi connectivity index (χ1n) is 2.25. The zero-order valence-corrected chi connectivity index (χ0v) is 5.85. The van der Waals surface area contributed by atoms with Crippen LogP contribution in [0.15, 0.2) is 23.6 Å². The molecule has 0 spiro atoms. The Morgan fingerprint density at radius 1 is 1.67 bits per heavy atom. The number of hydrogen-bond donors (Lipinski definition) is 1. The van der Waals surface area contributed by atoms with Gasteiger partial charge in [0.25, 0.3) is 10.1 Å². The fourth-order valence-electron chi connectivity index (χ4n) is 0.252. The molecule has 0 aromatic heterocycles. The minimum absolute atomic E-state index is 0.0995. The van der Waals surface area contributed by atoms with Crippen molar-refractivity contribution < 1.29 is 13.0 Å². The molecule has 0 bridgehead atoms. The van der Waals surface area contributed by atoms with Crippen LogP contribution in [-0.4, -0.2) is 13.0 Å². The van der Waals surface area contributed by atoms with Gasteiger partial charge in [-0.15, -0.1) is 0 Å². The molecule has 0 fully saturated rings. The van der Waals surface area contributed by atoms with Crippen LogP contribution < -0.4 is 0 Å². The molecule has 0 atom stereocenters. The van der Waals surface area contributed by atoms with Crippen molar-refractivity contribution in [3.05, 3.63) is 23.6 Å². The smallest absolute Gasteiger partial charge is 0.282 e. The Hall–Kier alpha value is -0.610. The highest BCUT2D eigenvalue weighted by molar-refractivity contribution is 7.89. The summed E-state index contributed by atoms with van der Waals surface area (Å²) in [6, 6.07) is 0. The average molecular weight is 148 g/mol. The number of allylic oxidation sites excluding steroid dienone is 3. The lowest BCUT2D eigenvalue weighted by molar-refractivity contribution is 0.491. The standard InChI is InChI=1S/C5H8O3S/c1-3-4-5(2)9(6,7)8/h3-4H,1H2,2H3,(H,6,7,8)/b5-4+. The van der Waals surface area contributed by atoms with Crippen LogP contribution in [0.3, 0.4) is 0 Å². The van der Waals surface area contributed by atoms with E-state index in [4.69, 9.17) is 4.55 Å². The van der Waals surface area contributed by atoms with Crippen LogP contribution >= 0.6 is 0 Å². The molecule has 0 aromatic carbocycles. The predicted molar refractivity (Wildman–Crippen MR) is 35.5 cm³/mol. The lowest BCUT2D eigenvalue weighted by atomic mass is 10.5. The number of hydrogen-bond acceptors (Lipinski definition) is 2. The monoisotopic (exact) mass is 148 g/mol. The van der Waals surface area contributed by atoms with Gasteiger partial charge in [0.1, 0.15) is 0 Å². The molecule has 0 unspecified atom stereocenters. The lowest BCUT2D eigenvalue weighted by Gasteiger charge is -1.90. The molecule has 0 aliphatic heterocycles. The van der Waals surface area contributed by atoms with Crippen molar-refractivity contribution in [2.24, 2.45) is 0 Å². The Labute approximate surface area is 54.4 Å². The van der Waals surface area contributed by atoms with Gasteiger partial charge < -0.3 is 0 Å². The summed E-state index contributed by atoms with van der Waals surface area (Å²) in [5.74, 6) is 0. The zero-order chi connectivity index (χ0) is 7.49. The van der Waals surface area contributed by atoms with Gasteiger partial charge in [-0.2, -0.15) is 8.42 Å². The Balaban J connectivity index is 4.61. The van der Waals surface area contributed by atoms with Crippen LogP contribution in [-0.2, 0) is 10.1 Å². The molecule has 0 rings (SSSR count). The van der Waals surface area contributed by atoms with Crippen molar-refractivity contribution in [3.8, 4) is 0 Å². The molecule has 1 N–H and O–H groups in total. The van der Waals surface area contributed by atoms with Gasteiger partial charge in [-0.1, -0.05) is 12.7 Å². The van der Waals surface area contributed by atoms with Crippen molar-refractivity contribution >= 4 is 10.1 Å². The highest BCUT2D eigenvalue weighted by atomic mass is 32.2. The van der Waals surface area contributed by atoms with E-state index in [1.54, 1.807) is 0 Å². The van der Waals surface area contributed by atoms with Crippen LogP contribution in [0.4, 0.5) is 0 Å². The van der Waals surface area contributed by atoms with Gasteiger partial charge in [-0.3, -0.25) is 4.55 Å². The Kier molecular flexibility index (Phi) is 2.61. The third kappa shape index (κ3) is 3.05. The summed E-state index contributed by atoms with van der Waals surface area (Å²) >= 11 is 0. The van der Waals surface area contributed by atoms with Crippen LogP contribution in [0, 0.1) is 0 Å². The van der Waals surface area contributed by atoms with E-state index in [2.05, 4.69) is 6.58 Å². The van der Waals surface area contributed by atoms with Crippen LogP contribution in [0.5, 0.6) is 0 Å². The van der Waals surface area contributed by atoms with Gasteiger partial charge in [0.15, 0.2) is 0 Å². The van der Waals surface area contributed by atoms with E-state index in [-0.39, 0.29) is 4.91 Å². The highest BCUT2D eigenvalue weighted by Crippen LogP contribution is 2.00. The third-order valence-electron chi connectivity index (χ3n) is 0.759. The van der Waals surface area contributed by atoms with Crippen LogP contribution in [0.1, 0.15) is 6.92 Å². The fourth-order valence-corrected chi connectivity index (χ4v) is 0.520. The van der Waals surface area contributed by atoms with Crippen LogP contribution in [0.2, 0.25) is 0 Å². The molecule has 0 amide bonds. The van der Waals surface area contributed by atoms with E-state index < -0.39 is 10.1 Å². The summed E-state index contributed by atoms with van der Waals surface area (Å²) in [4.78, 5) is -0.0995. The molecule has 4 heteroatoms. The Morgan fingerprint density at radius 2 is 2.11 bits per heavy atom. The zero-order valence-electron chi connectivity index (χ0n) is 5.03. The van der Waals surface area contributed by atoms with Gasteiger partial charge in [-0.05, 0) is 13.0 Å². The topological polar surface area (TPSA) is 54.4 Å². The van der Waals surface area contributed by atoms with Gasteiger partial charge >= 0.3 is 0 Å². The maximum Gasteiger partial charge on any atom is 0.290 e. The normalized spacial score (nSPS) is 13.3. The molecular weight excluding hydrogens is 140 g/mol. The van der Waals surface area contributed by atoms with E-state index in [0.717, 1.165) is 0 Å². The van der Waals surface area contributed by atoms with E-state index in [9.17, 15) is 8.42 Å². The first kappa shape index (κ1) is 8.39. The minimum Gasteiger partial charge on any atom is -0.282 e. The first-order chi connectivity index (χ1) is 3.98. The molecule has 3 nitrogen and oxygen atoms in total. The third-order valence-corrected chi connectivity index (χ3v) is 1.71. The lowest BCUT2D eigenvalue weighted by Crippen LogP contribution is -1.96. The predicted octanol–water partition coefficient (Wildman–Crippen LogP) is 0.964. The quantitative estimate of drug-likeness (QED) is 0.469. The molecule has 9 heavy (non-hydrogen) atoms. The molecule has 0 radical (unpaired) electrons. The largest absolute Gasteiger partial charge is 0.290 e. The maximum absolute atomic E-state index is 10.2. The summed E-state index contributed by atoms with van der Waals surface area (Å²) in [6.07, 6.45) is 2.51. The van der Waals surface area contributed by atoms with E-state index in [1.807, 2.05) is 0 Å². The van der Waals surface area contributed by atoms with Crippen molar-refractivity contribution in [2.45, 2.75) is 6.92 Å². The number of rotatable bonds is 2. The molecule has 0 aliphatic carbocycles. The van der Waals surface area contributed by atoms with Gasteiger partial charge in [0, 0.05) is 0 Å². The second kappa shape index (κ2) is 2.80. The van der Waals surface area contributed by atoms with Gasteiger partial charge in [0.05, 0.1) is 4.91 Å². The molecule has 0 heterocycles. The second-order valence-electron chi connectivity index (χ2n) is 1.49. The van der Waals surface area contributed by atoms with Crippen molar-refractivity contribution in [1.29, 1.82) is 0 Å². The molecule has 0 saturated carbocycles. The fraction of sp³-hybridized carbons (Fsp3) is 0.200. The van der Waals surface area contributed by atoms with Gasteiger partial charge in [-0.25, -0.2) is 0 Å². The summed E-state index contributed by atoms with van der Waals surface area (Å²) in [7, 11) is -3.98. The molecule has 0 aromatic rings. The average Bonchev–Trinajstić information content (AvgIpc) is 1.64. The molecule has 0 aliphatic rings. The summed E-state index contributed by atoms with van der Waals surface area (Å²) < 4.78 is 28.6. The van der Waals surface area contributed by atoms with E-state index in [1.165, 1.54) is 19.1 Å². The van der Waals surface area contributed by atoms with E-state index >= 15 is 0 Å². The van der Waals surface area contributed by atoms with Crippen molar-refractivity contribution in [3.63, 3.8) is 0 Å². The minimum atomic E-state index is -3.98.